The predicted molar refractivity (Wildman–Crippen MR) is 138 cm³/mol. The van der Waals surface area contributed by atoms with E-state index in [-0.39, 0.29) is 12.3 Å². The zero-order valence-electron chi connectivity index (χ0n) is 21.3. The number of aryl methyl sites for hydroxylation is 2. The molecule has 4 aromatic rings. The van der Waals surface area contributed by atoms with Crippen LogP contribution in [0.3, 0.4) is 0 Å². The molecule has 5 rings (SSSR count). The van der Waals surface area contributed by atoms with Crippen LogP contribution in [0.1, 0.15) is 38.6 Å². The summed E-state index contributed by atoms with van der Waals surface area (Å²) in [5, 5.41) is 4.76. The first-order valence-electron chi connectivity index (χ1n) is 12.0. The minimum Gasteiger partial charge on any atom is -0.466 e. The maximum Gasteiger partial charge on any atom is 0.192 e. The third kappa shape index (κ3) is 4.81. The molecule has 0 amide bonds. The Kier molecular flexibility index (Phi) is 6.11. The second-order valence-corrected chi connectivity index (χ2v) is 10.3. The largest absolute Gasteiger partial charge is 0.466 e. The third-order valence-electron chi connectivity index (χ3n) is 6.28. The number of hydrogen-bond acceptors (Lipinski definition) is 8. The summed E-state index contributed by atoms with van der Waals surface area (Å²) in [5.41, 5.74) is 4.96. The van der Waals surface area contributed by atoms with Crippen molar-refractivity contribution < 1.29 is 13.9 Å². The van der Waals surface area contributed by atoms with Crippen LogP contribution < -0.4 is 15.0 Å². The summed E-state index contributed by atoms with van der Waals surface area (Å²) in [7, 11) is 1.60. The molecule has 0 radical (unpaired) electrons. The average Bonchev–Trinajstić information content (AvgIpc) is 3.42. The number of pyridine rings is 2. The zero-order chi connectivity index (χ0) is 24.7. The molecule has 0 saturated carbocycles. The van der Waals surface area contributed by atoms with Crippen LogP contribution in [0.5, 0.6) is 5.75 Å². The van der Waals surface area contributed by atoms with Crippen molar-refractivity contribution in [3.8, 4) is 17.0 Å². The van der Waals surface area contributed by atoms with Crippen LogP contribution in [-0.4, -0.2) is 53.5 Å². The minimum atomic E-state index is 0.107. The fourth-order valence-corrected chi connectivity index (χ4v) is 4.85. The highest BCUT2D eigenvalue weighted by Crippen LogP contribution is 2.38. The quantitative estimate of drug-likeness (QED) is 0.390. The fraction of sp³-hybridized carbons (Fsp3) is 0.444. The van der Waals surface area contributed by atoms with Crippen LogP contribution in [0, 0.1) is 13.8 Å². The Bertz CT molecular complexity index is 1380. The summed E-state index contributed by atoms with van der Waals surface area (Å²) in [6.45, 7) is 12.5. The molecule has 0 bridgehead atoms. The molecule has 1 aromatic carbocycles. The van der Waals surface area contributed by atoms with Crippen LogP contribution in [0.4, 0.5) is 5.82 Å². The lowest BCUT2D eigenvalue weighted by Crippen LogP contribution is -2.44. The molecule has 1 saturated heterocycles. The van der Waals surface area contributed by atoms with E-state index in [2.05, 4.69) is 48.1 Å². The lowest BCUT2D eigenvalue weighted by Gasteiger charge is -2.26. The maximum atomic E-state index is 5.96. The molecule has 0 aliphatic carbocycles. The number of benzene rings is 1. The highest BCUT2D eigenvalue weighted by Gasteiger charge is 2.27. The van der Waals surface area contributed by atoms with E-state index in [0.717, 1.165) is 58.6 Å². The van der Waals surface area contributed by atoms with Crippen LogP contribution in [-0.2, 0) is 4.74 Å². The molecule has 184 valence electrons. The van der Waals surface area contributed by atoms with Gasteiger partial charge in [0.05, 0.1) is 17.4 Å². The lowest BCUT2D eigenvalue weighted by atomic mass is 10.0. The topological polar surface area (TPSA) is 85.5 Å². The number of fused-ring (bicyclic) bond motifs is 2. The van der Waals surface area contributed by atoms with Crippen LogP contribution in [0.15, 0.2) is 34.9 Å². The monoisotopic (exact) mass is 475 g/mol. The first-order chi connectivity index (χ1) is 16.7. The van der Waals surface area contributed by atoms with Crippen molar-refractivity contribution in [3.05, 3.63) is 41.9 Å². The van der Waals surface area contributed by atoms with Crippen molar-refractivity contribution in [2.45, 2.75) is 52.6 Å². The molecule has 8 nitrogen and oxygen atoms in total. The minimum absolute atomic E-state index is 0.107. The van der Waals surface area contributed by atoms with Gasteiger partial charge in [0.2, 0.25) is 0 Å². The van der Waals surface area contributed by atoms with E-state index >= 15 is 0 Å². The van der Waals surface area contributed by atoms with E-state index in [1.165, 1.54) is 0 Å². The molecule has 8 heteroatoms. The zero-order valence-corrected chi connectivity index (χ0v) is 21.3. The van der Waals surface area contributed by atoms with Gasteiger partial charge in [-0.1, -0.05) is 6.07 Å². The molecule has 1 N–H and O–H groups in total. The molecule has 1 fully saturated rings. The Morgan fingerprint density at radius 1 is 1.17 bits per heavy atom. The second-order valence-electron chi connectivity index (χ2n) is 10.3. The van der Waals surface area contributed by atoms with Gasteiger partial charge in [0.15, 0.2) is 18.3 Å². The highest BCUT2D eigenvalue weighted by molar-refractivity contribution is 5.90. The number of aromatic nitrogens is 3. The van der Waals surface area contributed by atoms with Gasteiger partial charge in [-0.2, -0.15) is 0 Å². The van der Waals surface area contributed by atoms with Gasteiger partial charge in [-0.25, -0.2) is 15.0 Å². The van der Waals surface area contributed by atoms with Gasteiger partial charge in [0.25, 0.3) is 0 Å². The Labute approximate surface area is 205 Å². The molecular weight excluding hydrogens is 442 g/mol. The standard InChI is InChI=1S/C27H33N5O3/c1-16-25-23(35-17(2)29-25)12-20(26(16)34-15-33-6)21-8-7-18-11-24(28-13-22(18)30-21)32-10-9-19(14-32)31-27(3,4)5/h7-8,11-13,19,31H,9-10,14-15H2,1-6H3/t19-/m0/s1. The van der Waals surface area contributed by atoms with Crippen molar-refractivity contribution in [2.75, 3.05) is 31.9 Å². The number of anilines is 1. The van der Waals surface area contributed by atoms with Gasteiger partial charge in [-0.15, -0.1) is 0 Å². The Balaban J connectivity index is 1.48. The van der Waals surface area contributed by atoms with Crippen molar-refractivity contribution >= 4 is 27.8 Å². The van der Waals surface area contributed by atoms with Gasteiger partial charge >= 0.3 is 0 Å². The maximum absolute atomic E-state index is 5.96. The second kappa shape index (κ2) is 9.09. The molecule has 1 atom stereocenters. The summed E-state index contributed by atoms with van der Waals surface area (Å²) in [4.78, 5) is 16.5. The molecule has 4 heterocycles. The van der Waals surface area contributed by atoms with E-state index in [1.54, 1.807) is 7.11 Å². The van der Waals surface area contributed by atoms with Gasteiger partial charge < -0.3 is 24.1 Å². The molecular formula is C27H33N5O3. The lowest BCUT2D eigenvalue weighted by molar-refractivity contribution is 0.0511. The highest BCUT2D eigenvalue weighted by atomic mass is 16.7. The summed E-state index contributed by atoms with van der Waals surface area (Å²) in [6, 6.07) is 8.65. The smallest absolute Gasteiger partial charge is 0.192 e. The normalized spacial score (nSPS) is 16.5. The number of ether oxygens (including phenoxy) is 2. The molecule has 3 aromatic heterocycles. The van der Waals surface area contributed by atoms with Crippen LogP contribution >= 0.6 is 0 Å². The Morgan fingerprint density at radius 3 is 2.77 bits per heavy atom. The van der Waals surface area contributed by atoms with Gasteiger partial charge in [-0.05, 0) is 52.3 Å². The summed E-state index contributed by atoms with van der Waals surface area (Å²) < 4.78 is 17.0. The number of rotatable bonds is 6. The van der Waals surface area contributed by atoms with E-state index in [4.69, 9.17) is 23.9 Å². The first kappa shape index (κ1) is 23.5. The number of nitrogens with zero attached hydrogens (tertiary/aromatic N) is 4. The van der Waals surface area contributed by atoms with E-state index in [1.807, 2.05) is 32.2 Å². The number of hydrogen-bond donors (Lipinski definition) is 1. The van der Waals surface area contributed by atoms with Crippen molar-refractivity contribution in [3.63, 3.8) is 0 Å². The van der Waals surface area contributed by atoms with Crippen molar-refractivity contribution in [1.82, 2.24) is 20.3 Å². The van der Waals surface area contributed by atoms with Crippen molar-refractivity contribution in [1.29, 1.82) is 0 Å². The number of oxazole rings is 1. The van der Waals surface area contributed by atoms with E-state index in [9.17, 15) is 0 Å². The molecule has 0 unspecified atom stereocenters. The van der Waals surface area contributed by atoms with E-state index < -0.39 is 0 Å². The van der Waals surface area contributed by atoms with Crippen molar-refractivity contribution in [2.24, 2.45) is 0 Å². The van der Waals surface area contributed by atoms with Crippen LogP contribution in [0.2, 0.25) is 0 Å². The van der Waals surface area contributed by atoms with E-state index in [0.29, 0.717) is 23.3 Å². The first-order valence-corrected chi connectivity index (χ1v) is 12.0. The van der Waals surface area contributed by atoms with Gasteiger partial charge in [0, 0.05) is 55.2 Å². The fourth-order valence-electron chi connectivity index (χ4n) is 4.85. The average molecular weight is 476 g/mol. The van der Waals surface area contributed by atoms with Gasteiger partial charge in [0.1, 0.15) is 17.1 Å². The molecule has 35 heavy (non-hydrogen) atoms. The van der Waals surface area contributed by atoms with Gasteiger partial charge in [-0.3, -0.25) is 0 Å². The number of nitrogens with one attached hydrogen (secondary N) is 1. The molecule has 1 aliphatic rings. The Hall–Kier alpha value is -3.23. The summed E-state index contributed by atoms with van der Waals surface area (Å²) >= 11 is 0. The summed E-state index contributed by atoms with van der Waals surface area (Å²) in [5.74, 6) is 2.30. The number of methoxy groups -OCH3 is 1. The SMILES string of the molecule is COCOc1c(-c2ccc3cc(N4CC[C@H](NC(C)(C)C)C4)ncc3n2)cc2oc(C)nc2c1C. The Morgan fingerprint density at radius 2 is 2.00 bits per heavy atom. The third-order valence-corrected chi connectivity index (χ3v) is 6.28. The van der Waals surface area contributed by atoms with Crippen LogP contribution in [0.25, 0.3) is 33.3 Å². The molecule has 0 spiro atoms. The summed E-state index contributed by atoms with van der Waals surface area (Å²) in [6.07, 6.45) is 2.97. The predicted octanol–water partition coefficient (Wildman–Crippen LogP) is 5.00. The molecule has 1 aliphatic heterocycles.